The summed E-state index contributed by atoms with van der Waals surface area (Å²) in [5.74, 6) is 0.451. The molecule has 0 saturated carbocycles. The molecule has 1 heterocycles. The summed E-state index contributed by atoms with van der Waals surface area (Å²) in [6.07, 6.45) is 2.06. The van der Waals surface area contributed by atoms with Crippen molar-refractivity contribution in [3.05, 3.63) is 0 Å². The molecule has 1 rings (SSSR count). The van der Waals surface area contributed by atoms with Crippen LogP contribution >= 0.6 is 0 Å². The second-order valence-electron chi connectivity index (χ2n) is 7.18. The first-order chi connectivity index (χ1) is 8.62. The van der Waals surface area contributed by atoms with E-state index in [1.807, 2.05) is 7.11 Å². The van der Waals surface area contributed by atoms with E-state index in [0.29, 0.717) is 12.0 Å². The molecule has 114 valence electrons. The van der Waals surface area contributed by atoms with Gasteiger partial charge in [-0.25, -0.2) is 0 Å². The van der Waals surface area contributed by atoms with E-state index in [-0.39, 0.29) is 16.8 Å². The van der Waals surface area contributed by atoms with E-state index in [1.165, 1.54) is 0 Å². The van der Waals surface area contributed by atoms with E-state index in [1.54, 1.807) is 0 Å². The summed E-state index contributed by atoms with van der Waals surface area (Å²) in [6.45, 7) is 16.3. The molecule has 1 aliphatic rings. The van der Waals surface area contributed by atoms with Crippen LogP contribution in [0.3, 0.4) is 0 Å². The topological polar surface area (TPSA) is 30.5 Å². The molecule has 3 heteroatoms. The third kappa shape index (κ3) is 3.50. The molecule has 0 aromatic heterocycles. The molecule has 19 heavy (non-hydrogen) atoms. The number of likely N-dealkylation sites (N-methyl/N-ethyl adjacent to an activating group) is 1. The molecule has 3 nitrogen and oxygen atoms in total. The van der Waals surface area contributed by atoms with Gasteiger partial charge in [0.05, 0.1) is 16.8 Å². The maximum Gasteiger partial charge on any atom is 0.0804 e. The van der Waals surface area contributed by atoms with E-state index in [0.717, 1.165) is 19.4 Å². The lowest BCUT2D eigenvalue weighted by atomic mass is 9.74. The number of methoxy groups -OCH3 is 1. The lowest BCUT2D eigenvalue weighted by molar-refractivity contribution is -0.0994. The Labute approximate surface area is 119 Å². The monoisotopic (exact) mass is 271 g/mol. The Morgan fingerprint density at radius 1 is 1.32 bits per heavy atom. The maximum atomic E-state index is 6.26. The van der Waals surface area contributed by atoms with Crippen LogP contribution in [-0.4, -0.2) is 36.5 Å². The predicted molar refractivity (Wildman–Crippen MR) is 80.5 cm³/mol. The largest absolute Gasteiger partial charge is 0.377 e. The van der Waals surface area contributed by atoms with Crippen molar-refractivity contribution < 1.29 is 9.47 Å². The van der Waals surface area contributed by atoms with Crippen LogP contribution in [0.5, 0.6) is 0 Å². The van der Waals surface area contributed by atoms with Gasteiger partial charge in [-0.15, -0.1) is 0 Å². The van der Waals surface area contributed by atoms with Crippen molar-refractivity contribution in [2.45, 2.75) is 84.2 Å². The first-order valence-corrected chi connectivity index (χ1v) is 7.60. The standard InChI is InChI=1S/C16H33NO2/c1-9-16(7,18-8)13(17-10-2)12-11-14(3,4)19-15(12,5)6/h12-13,17H,9-11H2,1-8H3. The predicted octanol–water partition coefficient (Wildman–Crippen LogP) is 3.37. The molecular weight excluding hydrogens is 238 g/mol. The smallest absolute Gasteiger partial charge is 0.0804 e. The van der Waals surface area contributed by atoms with Crippen LogP contribution < -0.4 is 5.32 Å². The highest BCUT2D eigenvalue weighted by atomic mass is 16.5. The summed E-state index contributed by atoms with van der Waals surface area (Å²) < 4.78 is 12.1. The Balaban J connectivity index is 3.06. The molecule has 1 N–H and O–H groups in total. The molecule has 0 aromatic carbocycles. The second kappa shape index (κ2) is 5.71. The quantitative estimate of drug-likeness (QED) is 0.803. The van der Waals surface area contributed by atoms with Crippen LogP contribution in [0.4, 0.5) is 0 Å². The van der Waals surface area contributed by atoms with Gasteiger partial charge >= 0.3 is 0 Å². The number of hydrogen-bond acceptors (Lipinski definition) is 3. The number of ether oxygens (including phenoxy) is 2. The van der Waals surface area contributed by atoms with E-state index >= 15 is 0 Å². The van der Waals surface area contributed by atoms with E-state index in [4.69, 9.17) is 9.47 Å². The fourth-order valence-corrected chi connectivity index (χ4v) is 3.62. The summed E-state index contributed by atoms with van der Waals surface area (Å²) in [7, 11) is 1.82. The van der Waals surface area contributed by atoms with Crippen LogP contribution in [0.1, 0.15) is 61.3 Å². The summed E-state index contributed by atoms with van der Waals surface area (Å²) in [5.41, 5.74) is -0.322. The average molecular weight is 271 g/mol. The first kappa shape index (κ1) is 16.9. The van der Waals surface area contributed by atoms with Gasteiger partial charge in [-0.05, 0) is 54.0 Å². The van der Waals surface area contributed by atoms with Crippen LogP contribution in [0.2, 0.25) is 0 Å². The van der Waals surface area contributed by atoms with Gasteiger partial charge in [-0.2, -0.15) is 0 Å². The Morgan fingerprint density at radius 2 is 1.89 bits per heavy atom. The third-order valence-corrected chi connectivity index (χ3v) is 4.80. The molecular formula is C16H33NO2. The lowest BCUT2D eigenvalue weighted by Crippen LogP contribution is -2.57. The second-order valence-corrected chi connectivity index (χ2v) is 7.18. The lowest BCUT2D eigenvalue weighted by Gasteiger charge is -2.43. The fraction of sp³-hybridized carbons (Fsp3) is 1.00. The van der Waals surface area contributed by atoms with E-state index in [2.05, 4.69) is 53.8 Å². The summed E-state index contributed by atoms with van der Waals surface area (Å²) in [5, 5.41) is 3.66. The summed E-state index contributed by atoms with van der Waals surface area (Å²) in [6, 6.07) is 0.310. The molecule has 0 bridgehead atoms. The highest BCUT2D eigenvalue weighted by Gasteiger charge is 2.53. The molecule has 0 aromatic rings. The van der Waals surface area contributed by atoms with Crippen molar-refractivity contribution >= 4 is 0 Å². The van der Waals surface area contributed by atoms with Gasteiger partial charge in [0, 0.05) is 19.1 Å². The van der Waals surface area contributed by atoms with Crippen molar-refractivity contribution in [1.82, 2.24) is 5.32 Å². The average Bonchev–Trinajstić information content (AvgIpc) is 2.53. The Bertz CT molecular complexity index is 295. The van der Waals surface area contributed by atoms with Crippen molar-refractivity contribution in [2.24, 2.45) is 5.92 Å². The van der Waals surface area contributed by atoms with Gasteiger partial charge in [-0.1, -0.05) is 13.8 Å². The zero-order chi connectivity index (χ0) is 14.9. The number of rotatable bonds is 6. The zero-order valence-electron chi connectivity index (χ0n) is 14.1. The van der Waals surface area contributed by atoms with Crippen LogP contribution in [0, 0.1) is 5.92 Å². The summed E-state index contributed by atoms with van der Waals surface area (Å²) >= 11 is 0. The fourth-order valence-electron chi connectivity index (χ4n) is 3.62. The van der Waals surface area contributed by atoms with Gasteiger partial charge in [-0.3, -0.25) is 0 Å². The summed E-state index contributed by atoms with van der Waals surface area (Å²) in [4.78, 5) is 0. The van der Waals surface area contributed by atoms with Gasteiger partial charge < -0.3 is 14.8 Å². The molecule has 1 aliphatic heterocycles. The van der Waals surface area contributed by atoms with Crippen molar-refractivity contribution in [3.8, 4) is 0 Å². The minimum Gasteiger partial charge on any atom is -0.377 e. The van der Waals surface area contributed by atoms with Gasteiger partial charge in [0.2, 0.25) is 0 Å². The Hall–Kier alpha value is -0.120. The van der Waals surface area contributed by atoms with Crippen LogP contribution in [0.25, 0.3) is 0 Å². The molecule has 1 fully saturated rings. The van der Waals surface area contributed by atoms with Gasteiger partial charge in [0.25, 0.3) is 0 Å². The number of hydrogen-bond donors (Lipinski definition) is 1. The molecule has 0 radical (unpaired) electrons. The van der Waals surface area contributed by atoms with Crippen molar-refractivity contribution in [3.63, 3.8) is 0 Å². The van der Waals surface area contributed by atoms with Gasteiger partial charge in [0.1, 0.15) is 0 Å². The van der Waals surface area contributed by atoms with E-state index < -0.39 is 0 Å². The van der Waals surface area contributed by atoms with Crippen molar-refractivity contribution in [1.29, 1.82) is 0 Å². The molecule has 3 unspecified atom stereocenters. The first-order valence-electron chi connectivity index (χ1n) is 7.60. The highest BCUT2D eigenvalue weighted by Crippen LogP contribution is 2.46. The normalized spacial score (nSPS) is 30.0. The van der Waals surface area contributed by atoms with Crippen LogP contribution in [-0.2, 0) is 9.47 Å². The highest BCUT2D eigenvalue weighted by molar-refractivity contribution is 5.05. The Morgan fingerprint density at radius 3 is 2.21 bits per heavy atom. The Kier molecular flexibility index (Phi) is 5.09. The third-order valence-electron chi connectivity index (χ3n) is 4.80. The van der Waals surface area contributed by atoms with Crippen molar-refractivity contribution in [2.75, 3.05) is 13.7 Å². The molecule has 3 atom stereocenters. The zero-order valence-corrected chi connectivity index (χ0v) is 14.1. The van der Waals surface area contributed by atoms with Crippen LogP contribution in [0.15, 0.2) is 0 Å². The SMILES string of the molecule is CCNC(C1CC(C)(C)OC1(C)C)C(C)(CC)OC. The van der Waals surface area contributed by atoms with Gasteiger partial charge in [0.15, 0.2) is 0 Å². The number of nitrogens with one attached hydrogen (secondary N) is 1. The maximum absolute atomic E-state index is 6.26. The molecule has 0 aliphatic carbocycles. The molecule has 0 spiro atoms. The minimum atomic E-state index is -0.151. The molecule has 0 amide bonds. The van der Waals surface area contributed by atoms with E-state index in [9.17, 15) is 0 Å². The molecule has 1 saturated heterocycles. The minimum absolute atomic E-state index is 0.0514.